The SMILES string of the molecule is CNC(=O)C(=O)N(C)C12CCC(F)(CC1)Cn1c2nc(C(=O)NCc2ccc(F)c(Cl)c2)c(O)c1=O. The summed E-state index contributed by atoms with van der Waals surface area (Å²) in [6, 6.07) is 3.83. The normalized spacial score (nSPS) is 22.4. The number of hydrogen-bond acceptors (Lipinski definition) is 6. The quantitative estimate of drug-likeness (QED) is 0.518. The summed E-state index contributed by atoms with van der Waals surface area (Å²) in [4.78, 5) is 56.3. The van der Waals surface area contributed by atoms with E-state index in [4.69, 9.17) is 11.6 Å². The van der Waals surface area contributed by atoms with Crippen molar-refractivity contribution in [1.29, 1.82) is 0 Å². The van der Waals surface area contributed by atoms with Crippen LogP contribution >= 0.6 is 11.6 Å². The fourth-order valence-corrected chi connectivity index (χ4v) is 5.04. The van der Waals surface area contributed by atoms with Crippen molar-refractivity contribution in [2.24, 2.45) is 0 Å². The summed E-state index contributed by atoms with van der Waals surface area (Å²) >= 11 is 5.76. The molecule has 2 aliphatic heterocycles. The van der Waals surface area contributed by atoms with Crippen LogP contribution in [0.1, 0.15) is 47.6 Å². The molecule has 192 valence electrons. The van der Waals surface area contributed by atoms with Crippen LogP contribution in [0.5, 0.6) is 5.75 Å². The number of hydrogen-bond donors (Lipinski definition) is 3. The lowest BCUT2D eigenvalue weighted by Crippen LogP contribution is -2.54. The Labute approximate surface area is 209 Å². The summed E-state index contributed by atoms with van der Waals surface area (Å²) in [6.45, 7) is -0.534. The largest absolute Gasteiger partial charge is 0.501 e. The van der Waals surface area contributed by atoms with E-state index in [0.717, 1.165) is 15.5 Å². The fourth-order valence-electron chi connectivity index (χ4n) is 4.84. The summed E-state index contributed by atoms with van der Waals surface area (Å²) in [7, 11) is 2.65. The van der Waals surface area contributed by atoms with E-state index >= 15 is 4.39 Å². The van der Waals surface area contributed by atoms with Crippen LogP contribution in [0, 0.1) is 5.82 Å². The van der Waals surface area contributed by atoms with Crippen LogP contribution in [0.15, 0.2) is 23.0 Å². The minimum Gasteiger partial charge on any atom is -0.501 e. The van der Waals surface area contributed by atoms with Gasteiger partial charge in [-0.2, -0.15) is 0 Å². The third-order valence-corrected chi connectivity index (χ3v) is 7.29. The second-order valence-corrected chi connectivity index (χ2v) is 9.49. The van der Waals surface area contributed by atoms with E-state index in [0.29, 0.717) is 5.56 Å². The molecule has 5 rings (SSSR count). The van der Waals surface area contributed by atoms with Gasteiger partial charge < -0.3 is 20.6 Å². The van der Waals surface area contributed by atoms with Crippen molar-refractivity contribution in [3.63, 3.8) is 0 Å². The zero-order chi connectivity index (χ0) is 26.4. The zero-order valence-corrected chi connectivity index (χ0v) is 20.3. The molecule has 2 aromatic rings. The van der Waals surface area contributed by atoms with E-state index < -0.39 is 58.3 Å². The molecule has 1 fully saturated rings. The van der Waals surface area contributed by atoms with E-state index in [1.54, 1.807) is 0 Å². The molecule has 0 radical (unpaired) electrons. The standard InChI is InChI=1S/C23H24ClF2N5O5/c1-27-18(34)20(36)30(2)23-7-5-22(26,6-8-23)11-31-19(35)16(32)15(29-21(23)31)17(33)28-10-12-3-4-14(25)13(24)9-12/h3-4,9,32H,5-8,10-11H2,1-2H3,(H,27,34)(H,28,33). The molecule has 36 heavy (non-hydrogen) atoms. The molecule has 3 aliphatic rings. The number of nitrogens with one attached hydrogen (secondary N) is 2. The van der Waals surface area contributed by atoms with E-state index in [9.17, 15) is 28.7 Å². The molecule has 3 N–H and O–H groups in total. The predicted octanol–water partition coefficient (Wildman–Crippen LogP) is 1.37. The molecule has 10 nitrogen and oxygen atoms in total. The maximum atomic E-state index is 15.5. The maximum absolute atomic E-state index is 15.5. The van der Waals surface area contributed by atoms with Crippen molar-refractivity contribution in [1.82, 2.24) is 25.1 Å². The molecule has 1 aromatic carbocycles. The van der Waals surface area contributed by atoms with E-state index in [-0.39, 0.29) is 43.1 Å². The van der Waals surface area contributed by atoms with Gasteiger partial charge in [0.2, 0.25) is 5.75 Å². The Morgan fingerprint density at radius 2 is 1.92 bits per heavy atom. The number of aromatic hydroxyl groups is 1. The number of carbonyl (C=O) groups excluding carboxylic acids is 3. The predicted molar refractivity (Wildman–Crippen MR) is 124 cm³/mol. The highest BCUT2D eigenvalue weighted by atomic mass is 35.5. The number of nitrogens with zero attached hydrogens (tertiary/aromatic N) is 3. The van der Waals surface area contributed by atoms with Crippen molar-refractivity contribution in [2.45, 2.75) is 50.0 Å². The highest BCUT2D eigenvalue weighted by molar-refractivity contribution is 6.35. The highest BCUT2D eigenvalue weighted by Crippen LogP contribution is 2.49. The number of amides is 3. The summed E-state index contributed by atoms with van der Waals surface area (Å²) in [5.41, 5.74) is -4.34. The van der Waals surface area contributed by atoms with E-state index in [1.807, 2.05) is 0 Å². The second-order valence-electron chi connectivity index (χ2n) is 9.08. The van der Waals surface area contributed by atoms with Gasteiger partial charge in [-0.3, -0.25) is 23.7 Å². The van der Waals surface area contributed by atoms with Gasteiger partial charge in [0.05, 0.1) is 11.6 Å². The van der Waals surface area contributed by atoms with Gasteiger partial charge in [0.15, 0.2) is 5.69 Å². The molecule has 0 saturated heterocycles. The first-order valence-corrected chi connectivity index (χ1v) is 11.6. The lowest BCUT2D eigenvalue weighted by molar-refractivity contribution is -0.150. The number of rotatable bonds is 4. The Morgan fingerprint density at radius 1 is 1.25 bits per heavy atom. The first-order valence-electron chi connectivity index (χ1n) is 11.2. The first kappa shape index (κ1) is 25.5. The van der Waals surface area contributed by atoms with Crippen LogP contribution in [-0.2, 0) is 28.2 Å². The topological polar surface area (TPSA) is 134 Å². The van der Waals surface area contributed by atoms with Gasteiger partial charge in [-0.05, 0) is 43.4 Å². The van der Waals surface area contributed by atoms with Gasteiger partial charge in [0.25, 0.3) is 11.5 Å². The molecule has 3 amide bonds. The van der Waals surface area contributed by atoms with Crippen LogP contribution in [0.25, 0.3) is 0 Å². The molecule has 0 spiro atoms. The van der Waals surface area contributed by atoms with Gasteiger partial charge in [-0.15, -0.1) is 0 Å². The van der Waals surface area contributed by atoms with Crippen LogP contribution in [0.2, 0.25) is 5.02 Å². The Morgan fingerprint density at radius 3 is 2.53 bits per heavy atom. The lowest BCUT2D eigenvalue weighted by atomic mass is 9.75. The summed E-state index contributed by atoms with van der Waals surface area (Å²) in [5, 5.41) is 15.1. The molecular weight excluding hydrogens is 500 g/mol. The van der Waals surface area contributed by atoms with Crippen LogP contribution in [0.3, 0.4) is 0 Å². The van der Waals surface area contributed by atoms with Crippen LogP contribution < -0.4 is 16.2 Å². The number of fused-ring (bicyclic) bond motifs is 2. The van der Waals surface area contributed by atoms with Crippen molar-refractivity contribution in [3.05, 3.63) is 56.5 Å². The Kier molecular flexibility index (Phi) is 6.50. The molecule has 3 heterocycles. The molecule has 2 bridgehead atoms. The van der Waals surface area contributed by atoms with Crippen molar-refractivity contribution in [3.8, 4) is 5.75 Å². The number of alkyl halides is 1. The van der Waals surface area contributed by atoms with Crippen molar-refractivity contribution < 1.29 is 28.3 Å². The Hall–Kier alpha value is -3.54. The number of likely N-dealkylation sites (N-methyl/N-ethyl adjacent to an activating group) is 2. The molecule has 0 unspecified atom stereocenters. The third-order valence-electron chi connectivity index (χ3n) is 7.00. The molecule has 1 aromatic heterocycles. The van der Waals surface area contributed by atoms with Gasteiger partial charge >= 0.3 is 11.8 Å². The third kappa shape index (κ3) is 4.19. The Balaban J connectivity index is 1.77. The number of carbonyl (C=O) groups is 3. The molecule has 13 heteroatoms. The summed E-state index contributed by atoms with van der Waals surface area (Å²) in [5.74, 6) is -4.44. The minimum atomic E-state index is -1.78. The number of benzene rings is 1. The van der Waals surface area contributed by atoms with Gasteiger partial charge in [-0.1, -0.05) is 17.7 Å². The summed E-state index contributed by atoms with van der Waals surface area (Å²) in [6.07, 6.45) is 0.0632. The van der Waals surface area contributed by atoms with Crippen LogP contribution in [0.4, 0.5) is 8.78 Å². The Bertz CT molecular complexity index is 1320. The second kappa shape index (κ2) is 9.16. The van der Waals surface area contributed by atoms with Crippen LogP contribution in [-0.4, -0.2) is 57.0 Å². The molecular formula is C23H24ClF2N5O5. The molecule has 0 atom stereocenters. The highest BCUT2D eigenvalue weighted by Gasteiger charge is 2.54. The van der Waals surface area contributed by atoms with E-state index in [2.05, 4.69) is 15.6 Å². The van der Waals surface area contributed by atoms with E-state index in [1.165, 1.54) is 26.2 Å². The molecule has 1 saturated carbocycles. The first-order chi connectivity index (χ1) is 16.9. The monoisotopic (exact) mass is 523 g/mol. The van der Waals surface area contributed by atoms with Crippen molar-refractivity contribution >= 4 is 29.3 Å². The maximum Gasteiger partial charge on any atom is 0.312 e. The number of aromatic nitrogens is 2. The summed E-state index contributed by atoms with van der Waals surface area (Å²) < 4.78 is 29.9. The van der Waals surface area contributed by atoms with Crippen molar-refractivity contribution in [2.75, 3.05) is 14.1 Å². The lowest BCUT2D eigenvalue weighted by Gasteiger charge is -2.44. The van der Waals surface area contributed by atoms with Gasteiger partial charge in [0, 0.05) is 20.6 Å². The minimum absolute atomic E-state index is 0.0191. The molecule has 1 aliphatic carbocycles. The fraction of sp³-hybridized carbons (Fsp3) is 0.435. The smallest absolute Gasteiger partial charge is 0.312 e. The zero-order valence-electron chi connectivity index (χ0n) is 19.5. The average molecular weight is 524 g/mol. The van der Waals surface area contributed by atoms with Gasteiger partial charge in [0.1, 0.15) is 22.8 Å². The average Bonchev–Trinajstić information content (AvgIpc) is 3.08. The number of halogens is 3. The van der Waals surface area contributed by atoms with Gasteiger partial charge in [-0.25, -0.2) is 13.8 Å².